The molecule has 0 aliphatic carbocycles. The van der Waals surface area contributed by atoms with Crippen molar-refractivity contribution in [3.05, 3.63) is 5.51 Å². The summed E-state index contributed by atoms with van der Waals surface area (Å²) in [5, 5.41) is 11.6. The Morgan fingerprint density at radius 3 is 3.04 bits per heavy atom. The van der Waals surface area contributed by atoms with Crippen LogP contribution in [0.4, 0.5) is 5.13 Å². The summed E-state index contributed by atoms with van der Waals surface area (Å²) in [6.07, 6.45) is 1.96. The molecule has 0 aromatic carbocycles. The summed E-state index contributed by atoms with van der Waals surface area (Å²) in [4.78, 5) is 27.5. The second kappa shape index (κ2) is 7.43. The SMILES string of the molecule is CC(=O)NCC(=O)N1CCC[C@]2(COCCN(c3nncs3)C2)C1. The lowest BCUT2D eigenvalue weighted by atomic mass is 9.80. The lowest BCUT2D eigenvalue weighted by Crippen LogP contribution is -2.53. The molecule has 1 atom stereocenters. The molecule has 132 valence electrons. The fourth-order valence-corrected chi connectivity index (χ4v) is 4.03. The number of rotatable bonds is 3. The summed E-state index contributed by atoms with van der Waals surface area (Å²) in [6.45, 7) is 5.77. The average molecular weight is 353 g/mol. The maximum absolute atomic E-state index is 12.4. The van der Waals surface area contributed by atoms with Crippen LogP contribution in [0.25, 0.3) is 0 Å². The smallest absolute Gasteiger partial charge is 0.241 e. The van der Waals surface area contributed by atoms with Crippen LogP contribution in [-0.4, -0.2) is 72.8 Å². The van der Waals surface area contributed by atoms with Crippen molar-refractivity contribution in [1.29, 1.82) is 0 Å². The molecule has 0 bridgehead atoms. The zero-order valence-corrected chi connectivity index (χ0v) is 14.7. The number of amides is 2. The van der Waals surface area contributed by atoms with Gasteiger partial charge in [0.15, 0.2) is 0 Å². The van der Waals surface area contributed by atoms with Gasteiger partial charge in [-0.3, -0.25) is 9.59 Å². The van der Waals surface area contributed by atoms with Crippen molar-refractivity contribution >= 4 is 28.3 Å². The van der Waals surface area contributed by atoms with E-state index in [1.807, 2.05) is 4.90 Å². The minimum absolute atomic E-state index is 0.0315. The van der Waals surface area contributed by atoms with E-state index in [1.54, 1.807) is 5.51 Å². The van der Waals surface area contributed by atoms with Crippen molar-refractivity contribution in [2.45, 2.75) is 19.8 Å². The fourth-order valence-electron chi connectivity index (χ4n) is 3.44. The van der Waals surface area contributed by atoms with Crippen molar-refractivity contribution in [2.75, 3.05) is 50.8 Å². The highest BCUT2D eigenvalue weighted by Crippen LogP contribution is 2.34. The highest BCUT2D eigenvalue weighted by Gasteiger charge is 2.40. The van der Waals surface area contributed by atoms with E-state index >= 15 is 0 Å². The Labute approximate surface area is 145 Å². The van der Waals surface area contributed by atoms with Crippen LogP contribution in [0, 0.1) is 5.41 Å². The molecule has 1 N–H and O–H groups in total. The number of aromatic nitrogens is 2. The molecule has 8 nitrogen and oxygen atoms in total. The lowest BCUT2D eigenvalue weighted by Gasteiger charge is -2.43. The molecule has 2 saturated heterocycles. The van der Waals surface area contributed by atoms with Gasteiger partial charge in [0, 0.05) is 38.5 Å². The first-order chi connectivity index (χ1) is 11.6. The summed E-state index contributed by atoms with van der Waals surface area (Å²) >= 11 is 1.52. The van der Waals surface area contributed by atoms with Gasteiger partial charge in [0.2, 0.25) is 16.9 Å². The van der Waals surface area contributed by atoms with Crippen LogP contribution in [0.5, 0.6) is 0 Å². The van der Waals surface area contributed by atoms with Crippen molar-refractivity contribution in [3.8, 4) is 0 Å². The fraction of sp³-hybridized carbons (Fsp3) is 0.733. The van der Waals surface area contributed by atoms with E-state index in [1.165, 1.54) is 18.3 Å². The van der Waals surface area contributed by atoms with Crippen molar-refractivity contribution in [2.24, 2.45) is 5.41 Å². The second-order valence-electron chi connectivity index (χ2n) is 6.52. The Balaban J connectivity index is 1.68. The molecule has 3 heterocycles. The first-order valence-electron chi connectivity index (χ1n) is 8.19. The van der Waals surface area contributed by atoms with Gasteiger partial charge in [-0.05, 0) is 12.8 Å². The van der Waals surface area contributed by atoms with Gasteiger partial charge in [-0.15, -0.1) is 10.2 Å². The van der Waals surface area contributed by atoms with Gasteiger partial charge < -0.3 is 19.9 Å². The van der Waals surface area contributed by atoms with Gasteiger partial charge >= 0.3 is 0 Å². The Morgan fingerprint density at radius 1 is 1.42 bits per heavy atom. The standard InChI is InChI=1S/C15H23N5O3S/c1-12(21)16-7-13(22)19-4-2-3-15(8-19)9-20(5-6-23-10-15)14-18-17-11-24-14/h11H,2-10H2,1H3,(H,16,21)/t15-/m0/s1. The average Bonchev–Trinajstić information content (AvgIpc) is 3.03. The maximum Gasteiger partial charge on any atom is 0.241 e. The normalized spacial score (nSPS) is 24.7. The van der Waals surface area contributed by atoms with E-state index in [-0.39, 0.29) is 23.8 Å². The molecule has 1 aromatic heterocycles. The monoisotopic (exact) mass is 353 g/mol. The van der Waals surface area contributed by atoms with Crippen LogP contribution in [0.15, 0.2) is 5.51 Å². The highest BCUT2D eigenvalue weighted by molar-refractivity contribution is 7.13. The molecule has 1 spiro atoms. The molecule has 2 aliphatic heterocycles. The van der Waals surface area contributed by atoms with Gasteiger partial charge in [0.25, 0.3) is 0 Å². The Hall–Kier alpha value is -1.74. The van der Waals surface area contributed by atoms with Crippen LogP contribution in [-0.2, 0) is 14.3 Å². The Kier molecular flexibility index (Phi) is 5.30. The summed E-state index contributed by atoms with van der Waals surface area (Å²) in [5.41, 5.74) is 1.64. The van der Waals surface area contributed by atoms with E-state index < -0.39 is 0 Å². The zero-order valence-electron chi connectivity index (χ0n) is 13.9. The number of carbonyl (C=O) groups is 2. The minimum atomic E-state index is -0.185. The number of hydrogen-bond donors (Lipinski definition) is 1. The van der Waals surface area contributed by atoms with E-state index in [9.17, 15) is 9.59 Å². The topological polar surface area (TPSA) is 87.7 Å². The van der Waals surface area contributed by atoms with Gasteiger partial charge in [0.1, 0.15) is 5.51 Å². The predicted octanol–water partition coefficient (Wildman–Crippen LogP) is 0.120. The van der Waals surface area contributed by atoms with Gasteiger partial charge in [-0.25, -0.2) is 0 Å². The number of carbonyl (C=O) groups excluding carboxylic acids is 2. The number of piperidine rings is 1. The van der Waals surface area contributed by atoms with E-state index in [0.29, 0.717) is 19.8 Å². The van der Waals surface area contributed by atoms with Crippen LogP contribution < -0.4 is 10.2 Å². The van der Waals surface area contributed by atoms with Crippen molar-refractivity contribution < 1.29 is 14.3 Å². The van der Waals surface area contributed by atoms with Crippen LogP contribution in [0.1, 0.15) is 19.8 Å². The number of likely N-dealkylation sites (tertiary alicyclic amines) is 1. The third kappa shape index (κ3) is 4.02. The molecule has 2 aliphatic rings. The summed E-state index contributed by atoms with van der Waals surface area (Å²) in [6, 6.07) is 0. The molecule has 2 fully saturated rings. The van der Waals surface area contributed by atoms with E-state index in [0.717, 1.165) is 37.6 Å². The summed E-state index contributed by atoms with van der Waals surface area (Å²) < 4.78 is 5.85. The number of anilines is 1. The molecule has 0 saturated carbocycles. The van der Waals surface area contributed by atoms with Gasteiger partial charge in [0.05, 0.1) is 19.8 Å². The molecule has 3 rings (SSSR count). The first-order valence-corrected chi connectivity index (χ1v) is 9.07. The number of nitrogens with zero attached hydrogens (tertiary/aromatic N) is 4. The molecule has 2 amide bonds. The Bertz CT molecular complexity index is 582. The number of nitrogens with one attached hydrogen (secondary N) is 1. The minimum Gasteiger partial charge on any atom is -0.379 e. The molecule has 0 radical (unpaired) electrons. The molecular weight excluding hydrogens is 330 g/mol. The molecule has 0 unspecified atom stereocenters. The predicted molar refractivity (Wildman–Crippen MR) is 89.9 cm³/mol. The Morgan fingerprint density at radius 2 is 2.29 bits per heavy atom. The third-order valence-corrected chi connectivity index (χ3v) is 5.31. The van der Waals surface area contributed by atoms with Crippen LogP contribution in [0.2, 0.25) is 0 Å². The highest BCUT2D eigenvalue weighted by atomic mass is 32.1. The van der Waals surface area contributed by atoms with Crippen LogP contribution in [0.3, 0.4) is 0 Å². The summed E-state index contributed by atoms with van der Waals surface area (Å²) in [7, 11) is 0. The van der Waals surface area contributed by atoms with Crippen molar-refractivity contribution in [3.63, 3.8) is 0 Å². The molecule has 24 heavy (non-hydrogen) atoms. The number of ether oxygens (including phenoxy) is 1. The lowest BCUT2D eigenvalue weighted by molar-refractivity contribution is -0.136. The molecular formula is C15H23N5O3S. The number of hydrogen-bond acceptors (Lipinski definition) is 7. The summed E-state index contributed by atoms with van der Waals surface area (Å²) in [5.74, 6) is -0.216. The van der Waals surface area contributed by atoms with E-state index in [4.69, 9.17) is 4.74 Å². The molecule has 9 heteroatoms. The van der Waals surface area contributed by atoms with E-state index in [2.05, 4.69) is 20.4 Å². The second-order valence-corrected chi connectivity index (χ2v) is 7.34. The van der Waals surface area contributed by atoms with Gasteiger partial charge in [-0.1, -0.05) is 11.3 Å². The first kappa shape index (κ1) is 17.1. The zero-order chi connectivity index (χ0) is 17.0. The van der Waals surface area contributed by atoms with Gasteiger partial charge in [-0.2, -0.15) is 0 Å². The van der Waals surface area contributed by atoms with Crippen LogP contribution >= 0.6 is 11.3 Å². The third-order valence-electron chi connectivity index (χ3n) is 4.56. The molecule has 1 aromatic rings. The quantitative estimate of drug-likeness (QED) is 0.830. The van der Waals surface area contributed by atoms with Crippen molar-refractivity contribution in [1.82, 2.24) is 20.4 Å². The maximum atomic E-state index is 12.4. The largest absolute Gasteiger partial charge is 0.379 e.